The summed E-state index contributed by atoms with van der Waals surface area (Å²) in [5, 5.41) is 20.5. The summed E-state index contributed by atoms with van der Waals surface area (Å²) in [4.78, 5) is 4.37. The zero-order valence-corrected chi connectivity index (χ0v) is 75.6. The monoisotopic (exact) mass is 1580 g/mol. The quantitative estimate of drug-likeness (QED) is 0.0617. The van der Waals surface area contributed by atoms with E-state index in [9.17, 15) is 10.2 Å². The number of hydrogen-bond donors (Lipinski definition) is 2. The third-order valence-electron chi connectivity index (χ3n) is 23.4. The van der Waals surface area contributed by atoms with Gasteiger partial charge in [-0.1, -0.05) is 330 Å². The second-order valence-corrected chi connectivity index (χ2v) is 36.0. The smallest absolute Gasteiger partial charge is 0.137 e. The molecule has 0 bridgehead atoms. The number of hydrogen-bond acceptors (Lipinski definition) is 8. The Kier molecular flexibility index (Phi) is 45.1. The van der Waals surface area contributed by atoms with E-state index in [2.05, 4.69) is 312 Å². The van der Waals surface area contributed by atoms with Crippen molar-refractivity contribution in [3.05, 3.63) is 274 Å². The average molecular weight is 1580 g/mol. The molecular weight excluding hydrogens is 1420 g/mol. The molecule has 1 aromatic heterocycles. The van der Waals surface area contributed by atoms with E-state index in [-0.39, 0.29) is 17.9 Å². The van der Waals surface area contributed by atoms with Crippen LogP contribution in [0.25, 0.3) is 0 Å². The Balaban J connectivity index is 0.000000233. The fraction of sp³-hybridized carbons (Fsp3) is 0.552. The first kappa shape index (κ1) is 98.1. The van der Waals surface area contributed by atoms with E-state index in [1.54, 1.807) is 7.11 Å². The summed E-state index contributed by atoms with van der Waals surface area (Å²) in [6.45, 7) is 51.8. The summed E-state index contributed by atoms with van der Waals surface area (Å²) in [5.74, 6) is 9.42. The van der Waals surface area contributed by atoms with Crippen molar-refractivity contribution >= 4 is 11.6 Å². The minimum atomic E-state index is -0.657. The van der Waals surface area contributed by atoms with Gasteiger partial charge in [-0.15, -0.1) is 0 Å². The van der Waals surface area contributed by atoms with Crippen LogP contribution in [-0.2, 0) is 18.9 Å². The Morgan fingerprint density at radius 2 is 0.737 bits per heavy atom. The number of pyridine rings is 1. The van der Waals surface area contributed by atoms with E-state index < -0.39 is 5.60 Å². The maximum atomic E-state index is 10.1. The summed E-state index contributed by atoms with van der Waals surface area (Å²) in [6, 6.07) is 73.9. The topological polar surface area (TPSA) is 99.5 Å². The zero-order valence-electron chi connectivity index (χ0n) is 74.9. The first-order chi connectivity index (χ1) is 54.4. The number of benzene rings is 7. The van der Waals surface area contributed by atoms with E-state index in [4.69, 9.17) is 35.3 Å². The molecule has 7 aromatic carbocycles. The van der Waals surface area contributed by atoms with Crippen molar-refractivity contribution in [3.63, 3.8) is 0 Å². The Hall–Kier alpha value is -6.46. The van der Waals surface area contributed by atoms with Gasteiger partial charge in [0.25, 0.3) is 0 Å². The van der Waals surface area contributed by atoms with Crippen LogP contribution in [-0.4, -0.2) is 84.9 Å². The van der Waals surface area contributed by atoms with Gasteiger partial charge in [-0.2, -0.15) is 0 Å². The number of halogens is 1. The maximum absolute atomic E-state index is 10.1. The molecule has 0 spiro atoms. The third kappa shape index (κ3) is 33.1. The molecule has 0 saturated carbocycles. The summed E-state index contributed by atoms with van der Waals surface area (Å²) < 4.78 is 28.5. The van der Waals surface area contributed by atoms with Gasteiger partial charge in [-0.05, 0) is 202 Å². The molecule has 1 unspecified atom stereocenters. The number of methoxy groups -OCH3 is 1. The van der Waals surface area contributed by atoms with Gasteiger partial charge in [0.05, 0.1) is 48.3 Å². The van der Waals surface area contributed by atoms with Crippen molar-refractivity contribution in [2.24, 2.45) is 47.3 Å². The van der Waals surface area contributed by atoms with Crippen molar-refractivity contribution in [2.75, 3.05) is 33.5 Å². The predicted molar refractivity (Wildman–Crippen MR) is 486 cm³/mol. The van der Waals surface area contributed by atoms with Crippen LogP contribution in [0.1, 0.15) is 301 Å². The van der Waals surface area contributed by atoms with Crippen molar-refractivity contribution < 1.29 is 33.9 Å². The third-order valence-corrected chi connectivity index (χ3v) is 23.7. The van der Waals surface area contributed by atoms with Gasteiger partial charge >= 0.3 is 0 Å². The lowest BCUT2D eigenvalue weighted by Gasteiger charge is -2.33. The maximum Gasteiger partial charge on any atom is 0.137 e. The number of aryl methyl sites for hydroxylation is 1. The fourth-order valence-electron chi connectivity index (χ4n) is 17.6. The van der Waals surface area contributed by atoms with E-state index >= 15 is 0 Å². The second kappa shape index (κ2) is 52.4. The summed E-state index contributed by atoms with van der Waals surface area (Å²) >= 11 is 5.96. The largest absolute Gasteiger partial charge is 0.495 e. The highest BCUT2D eigenvalue weighted by molar-refractivity contribution is 6.32. The molecule has 8 aromatic rings. The van der Waals surface area contributed by atoms with Crippen LogP contribution in [0.4, 0.5) is 0 Å². The van der Waals surface area contributed by atoms with Crippen LogP contribution < -0.4 is 4.74 Å². The Bertz CT molecular complexity index is 3430. The molecule has 0 aliphatic carbocycles. The lowest BCUT2D eigenvalue weighted by molar-refractivity contribution is 0.0331. The minimum absolute atomic E-state index is 0.198. The standard InChI is InChI=1S/4C14H20O.2C13H20O.C12H17ClO.C11H17N/c4*1-11(2)14(13-9-6-10-15-13)12-7-4-3-5-8-12;1-9(2)13(11(4)14)12-7-5-10(3)6-8-12;1-10(2)12(13(3,4)14)11-8-6-5-7-9-11;1-8(2)9(3)10-5-6-11(13)12(7-10)14-4;1-4-10(9(2)3)11-7-5-6-8-12-11/h4*3-5,7-8,11,13-14H,6,9-10H2,1-2H3;5-9,11,13-14H,1-4H3;5-10,12,14H,1-4H3;5-9H,1-4H3;5-10H,4H2,1-3H3/t2*13-,14+;2*13-,14-;11-,13-;12-;9-;/m1010100./s1. The molecule has 0 amide bonds. The van der Waals surface area contributed by atoms with Crippen LogP contribution in [0.3, 0.4) is 0 Å². The van der Waals surface area contributed by atoms with Crippen LogP contribution in [0.15, 0.2) is 219 Å². The molecule has 2 N–H and O–H groups in total. The molecule has 4 fully saturated rings. The molecule has 0 radical (unpaired) electrons. The molecule has 4 saturated heterocycles. The van der Waals surface area contributed by atoms with Gasteiger partial charge in [0.15, 0.2) is 0 Å². The normalized spacial score (nSPS) is 18.9. The van der Waals surface area contributed by atoms with Gasteiger partial charge in [-0.25, -0.2) is 0 Å². The van der Waals surface area contributed by atoms with Gasteiger partial charge in [0.1, 0.15) is 5.75 Å². The number of rotatable bonds is 24. The molecule has 8 nitrogen and oxygen atoms in total. The van der Waals surface area contributed by atoms with Gasteiger partial charge < -0.3 is 33.9 Å². The SMILES string of the molecule is CC(C)[C@@H](c1ccccc1)C(C)(C)O.CC(C)[C@@H](c1ccccc1)[C@@H]1CCCO1.CC(C)[C@@H](c1ccccc1)[C@H]1CCCO1.CC(C)[C@H](c1ccccc1)[C@@H]1CCCO1.CC(C)[C@H](c1ccccc1)[C@H]1CCCO1.CCC(c1ccccn1)C(C)C.COc1cc([C@@H](C)C(C)C)ccc1Cl.Cc1ccc([C@H](C(C)C)[C@@H](C)O)cc1. The number of ether oxygens (including phenoxy) is 5. The van der Waals surface area contributed by atoms with Gasteiger partial charge in [0.2, 0.25) is 0 Å². The van der Waals surface area contributed by atoms with Crippen molar-refractivity contribution in [2.45, 2.75) is 294 Å². The van der Waals surface area contributed by atoms with Crippen molar-refractivity contribution in [3.8, 4) is 5.75 Å². The van der Waals surface area contributed by atoms with Crippen LogP contribution in [0.5, 0.6) is 5.75 Å². The minimum Gasteiger partial charge on any atom is -0.495 e. The number of nitrogens with zero attached hydrogens (tertiary/aromatic N) is 1. The lowest BCUT2D eigenvalue weighted by atomic mass is 9.77. The number of aliphatic hydroxyl groups excluding tert-OH is 1. The molecule has 12 rings (SSSR count). The molecular formula is C105H154ClNO7. The fourth-order valence-corrected chi connectivity index (χ4v) is 17.8. The van der Waals surface area contributed by atoms with Crippen molar-refractivity contribution in [1.82, 2.24) is 4.98 Å². The first-order valence-corrected chi connectivity index (χ1v) is 44.2. The molecule has 5 heterocycles. The van der Waals surface area contributed by atoms with Crippen molar-refractivity contribution in [1.29, 1.82) is 0 Å². The summed E-state index contributed by atoms with van der Waals surface area (Å²) in [6.07, 6.45) is 14.3. The van der Waals surface area contributed by atoms with Crippen LogP contribution >= 0.6 is 11.6 Å². The van der Waals surface area contributed by atoms with Gasteiger partial charge in [0, 0.05) is 79.7 Å². The summed E-state index contributed by atoms with van der Waals surface area (Å²) in [7, 11) is 1.64. The Morgan fingerprint density at radius 3 is 0.982 bits per heavy atom. The molecule has 4 aliphatic heterocycles. The summed E-state index contributed by atoms with van der Waals surface area (Å²) in [5.41, 5.74) is 11.3. The first-order valence-electron chi connectivity index (χ1n) is 43.8. The predicted octanol–water partition coefficient (Wildman–Crippen LogP) is 28.1. The molecule has 9 heteroatoms. The van der Waals surface area contributed by atoms with Crippen LogP contribution in [0.2, 0.25) is 5.02 Å². The number of aromatic nitrogens is 1. The second-order valence-electron chi connectivity index (χ2n) is 35.6. The molecule has 4 aliphatic rings. The van der Waals surface area contributed by atoms with Gasteiger partial charge in [-0.3, -0.25) is 4.98 Å². The highest BCUT2D eigenvalue weighted by Crippen LogP contribution is 2.40. The van der Waals surface area contributed by atoms with E-state index in [0.29, 0.717) is 112 Å². The van der Waals surface area contributed by atoms with E-state index in [1.165, 1.54) is 108 Å². The zero-order chi connectivity index (χ0) is 83.9. The Labute approximate surface area is 700 Å². The van der Waals surface area contributed by atoms with E-state index in [1.807, 2.05) is 63.4 Å². The van der Waals surface area contributed by atoms with E-state index in [0.717, 1.165) is 32.2 Å². The molecule has 628 valence electrons. The number of aliphatic hydroxyl groups is 2. The highest BCUT2D eigenvalue weighted by Gasteiger charge is 2.34. The average Bonchev–Trinajstić information content (AvgIpc) is 1.42. The molecule has 13 atom stereocenters. The highest BCUT2D eigenvalue weighted by atomic mass is 35.5. The lowest BCUT2D eigenvalue weighted by Crippen LogP contribution is -2.32. The molecule has 114 heavy (non-hydrogen) atoms. The Morgan fingerprint density at radius 1 is 0.404 bits per heavy atom. The van der Waals surface area contributed by atoms with Crippen LogP contribution in [0, 0.1) is 54.3 Å².